The molecule has 1 unspecified atom stereocenters. The molecule has 166 valence electrons. The van der Waals surface area contributed by atoms with Crippen LogP contribution in [0, 0.1) is 11.7 Å². The van der Waals surface area contributed by atoms with Crippen LogP contribution in [-0.2, 0) is 0 Å². The van der Waals surface area contributed by atoms with E-state index in [9.17, 15) is 9.18 Å². The molecule has 2 heterocycles. The van der Waals surface area contributed by atoms with Gasteiger partial charge in [0, 0.05) is 31.4 Å². The zero-order chi connectivity index (χ0) is 22.3. The number of piperidine rings is 1. The van der Waals surface area contributed by atoms with Crippen LogP contribution in [0.3, 0.4) is 0 Å². The summed E-state index contributed by atoms with van der Waals surface area (Å²) in [6.07, 6.45) is 3.76. The molecule has 0 bridgehead atoms. The molecule has 1 fully saturated rings. The summed E-state index contributed by atoms with van der Waals surface area (Å²) in [5.74, 6) is 0.836. The molecule has 1 saturated heterocycles. The average Bonchev–Trinajstić information content (AvgIpc) is 2.84. The van der Waals surface area contributed by atoms with E-state index < -0.39 is 0 Å². The van der Waals surface area contributed by atoms with E-state index in [-0.39, 0.29) is 11.7 Å². The lowest BCUT2D eigenvalue weighted by atomic mass is 9.95. The van der Waals surface area contributed by atoms with E-state index in [1.54, 1.807) is 24.3 Å². The predicted octanol–water partition coefficient (Wildman–Crippen LogP) is 5.22. The molecule has 0 radical (unpaired) electrons. The molecule has 1 aliphatic rings. The SMILES string of the molecule is CC(c1ccccc1)N1CCC[C@H](CNC(=O)c2cc(Oc3ccc(F)cc3)ccn2)C1. The van der Waals surface area contributed by atoms with Crippen LogP contribution in [0.4, 0.5) is 4.39 Å². The van der Waals surface area contributed by atoms with Crippen LogP contribution in [0.25, 0.3) is 0 Å². The van der Waals surface area contributed by atoms with Gasteiger partial charge in [0.05, 0.1) is 0 Å². The molecule has 1 aliphatic heterocycles. The minimum Gasteiger partial charge on any atom is -0.457 e. The fraction of sp³-hybridized carbons (Fsp3) is 0.308. The summed E-state index contributed by atoms with van der Waals surface area (Å²) < 4.78 is 18.8. The van der Waals surface area contributed by atoms with Crippen molar-refractivity contribution in [2.24, 2.45) is 5.92 Å². The highest BCUT2D eigenvalue weighted by Gasteiger charge is 2.25. The van der Waals surface area contributed by atoms with E-state index in [0.29, 0.717) is 35.7 Å². The molecule has 32 heavy (non-hydrogen) atoms. The zero-order valence-corrected chi connectivity index (χ0v) is 18.2. The third-order valence-electron chi connectivity index (χ3n) is 5.94. The average molecular weight is 434 g/mol. The number of ether oxygens (including phenoxy) is 1. The van der Waals surface area contributed by atoms with E-state index in [4.69, 9.17) is 4.74 Å². The minimum absolute atomic E-state index is 0.220. The quantitative estimate of drug-likeness (QED) is 0.555. The Kier molecular flexibility index (Phi) is 7.12. The number of hydrogen-bond acceptors (Lipinski definition) is 4. The van der Waals surface area contributed by atoms with Crippen molar-refractivity contribution in [2.45, 2.75) is 25.8 Å². The van der Waals surface area contributed by atoms with Crippen molar-refractivity contribution in [3.05, 3.63) is 90.0 Å². The summed E-state index contributed by atoms with van der Waals surface area (Å²) in [6, 6.07) is 19.9. The molecule has 0 aliphatic carbocycles. The van der Waals surface area contributed by atoms with Gasteiger partial charge >= 0.3 is 0 Å². The monoisotopic (exact) mass is 433 g/mol. The first-order valence-corrected chi connectivity index (χ1v) is 11.0. The van der Waals surface area contributed by atoms with Gasteiger partial charge in [-0.15, -0.1) is 0 Å². The van der Waals surface area contributed by atoms with Crippen molar-refractivity contribution in [3.8, 4) is 11.5 Å². The van der Waals surface area contributed by atoms with E-state index in [2.05, 4.69) is 46.4 Å². The van der Waals surface area contributed by atoms with Crippen molar-refractivity contribution in [3.63, 3.8) is 0 Å². The summed E-state index contributed by atoms with van der Waals surface area (Å²) in [6.45, 7) is 4.89. The Labute approximate surface area is 188 Å². The maximum absolute atomic E-state index is 13.1. The number of aromatic nitrogens is 1. The second-order valence-electron chi connectivity index (χ2n) is 8.23. The Balaban J connectivity index is 1.32. The van der Waals surface area contributed by atoms with Gasteiger partial charge in [0.2, 0.25) is 0 Å². The van der Waals surface area contributed by atoms with Crippen LogP contribution in [0.15, 0.2) is 72.9 Å². The van der Waals surface area contributed by atoms with Gasteiger partial charge in [-0.3, -0.25) is 14.7 Å². The number of carbonyl (C=O) groups excluding carboxylic acids is 1. The van der Waals surface area contributed by atoms with Crippen molar-refractivity contribution in [1.82, 2.24) is 15.2 Å². The number of halogens is 1. The molecule has 2 atom stereocenters. The van der Waals surface area contributed by atoms with Crippen LogP contribution in [-0.4, -0.2) is 35.4 Å². The third kappa shape index (κ3) is 5.71. The molecular weight excluding hydrogens is 405 g/mol. The number of pyridine rings is 1. The molecular formula is C26H28FN3O2. The van der Waals surface area contributed by atoms with Gasteiger partial charge in [-0.2, -0.15) is 0 Å². The maximum atomic E-state index is 13.1. The molecule has 0 spiro atoms. The summed E-state index contributed by atoms with van der Waals surface area (Å²) in [5, 5.41) is 3.03. The molecule has 6 heteroatoms. The van der Waals surface area contributed by atoms with E-state index >= 15 is 0 Å². The highest BCUT2D eigenvalue weighted by atomic mass is 19.1. The molecule has 5 nitrogen and oxygen atoms in total. The van der Waals surface area contributed by atoms with Crippen LogP contribution >= 0.6 is 0 Å². The first kappa shape index (κ1) is 22.0. The van der Waals surface area contributed by atoms with Crippen molar-refractivity contribution in [1.29, 1.82) is 0 Å². The highest BCUT2D eigenvalue weighted by Crippen LogP contribution is 2.26. The lowest BCUT2D eigenvalue weighted by Gasteiger charge is -2.37. The standard InChI is InChI=1S/C26H28FN3O2/c1-19(21-7-3-2-4-8-21)30-15-5-6-20(18-30)17-29-26(31)25-16-24(13-14-28-25)32-23-11-9-22(27)10-12-23/h2-4,7-14,16,19-20H,5-6,15,17-18H2,1H3,(H,29,31)/t19?,20-/m1/s1. The summed E-state index contributed by atoms with van der Waals surface area (Å²) in [7, 11) is 0. The van der Waals surface area contributed by atoms with Crippen LogP contribution < -0.4 is 10.1 Å². The van der Waals surface area contributed by atoms with Gasteiger partial charge in [-0.25, -0.2) is 4.39 Å². The Morgan fingerprint density at radius 1 is 1.16 bits per heavy atom. The molecule has 4 rings (SSSR count). The van der Waals surface area contributed by atoms with E-state index in [1.165, 1.54) is 23.9 Å². The largest absolute Gasteiger partial charge is 0.457 e. The molecule has 1 amide bonds. The van der Waals surface area contributed by atoms with Crippen molar-refractivity contribution >= 4 is 5.91 Å². The number of hydrogen-bond donors (Lipinski definition) is 1. The highest BCUT2D eigenvalue weighted by molar-refractivity contribution is 5.92. The Morgan fingerprint density at radius 2 is 1.94 bits per heavy atom. The van der Waals surface area contributed by atoms with Gasteiger partial charge in [0.1, 0.15) is 23.0 Å². The maximum Gasteiger partial charge on any atom is 0.270 e. The number of likely N-dealkylation sites (tertiary alicyclic amines) is 1. The molecule has 0 saturated carbocycles. The smallest absolute Gasteiger partial charge is 0.270 e. The molecule has 1 aromatic heterocycles. The summed E-state index contributed by atoms with van der Waals surface area (Å²) >= 11 is 0. The van der Waals surface area contributed by atoms with Gasteiger partial charge in [-0.05, 0) is 68.1 Å². The number of carbonyl (C=O) groups is 1. The van der Waals surface area contributed by atoms with Gasteiger partial charge in [0.25, 0.3) is 5.91 Å². The number of rotatable bonds is 7. The van der Waals surface area contributed by atoms with Crippen LogP contribution in [0.2, 0.25) is 0 Å². The Bertz CT molecular complexity index is 1030. The van der Waals surface area contributed by atoms with Crippen molar-refractivity contribution < 1.29 is 13.9 Å². The van der Waals surface area contributed by atoms with E-state index in [1.807, 2.05) is 6.07 Å². The second kappa shape index (κ2) is 10.4. The molecule has 2 aromatic carbocycles. The summed E-state index contributed by atoms with van der Waals surface area (Å²) in [5.41, 5.74) is 1.62. The first-order chi connectivity index (χ1) is 15.6. The van der Waals surface area contributed by atoms with Gasteiger partial charge in [0.15, 0.2) is 0 Å². The lowest BCUT2D eigenvalue weighted by molar-refractivity contribution is 0.0912. The van der Waals surface area contributed by atoms with Gasteiger partial charge in [-0.1, -0.05) is 30.3 Å². The fourth-order valence-electron chi connectivity index (χ4n) is 4.12. The first-order valence-electron chi connectivity index (χ1n) is 11.0. The van der Waals surface area contributed by atoms with Crippen LogP contribution in [0.5, 0.6) is 11.5 Å². The lowest BCUT2D eigenvalue weighted by Crippen LogP contribution is -2.42. The topological polar surface area (TPSA) is 54.5 Å². The van der Waals surface area contributed by atoms with Gasteiger partial charge < -0.3 is 10.1 Å². The zero-order valence-electron chi connectivity index (χ0n) is 18.2. The number of nitrogens with one attached hydrogen (secondary N) is 1. The number of nitrogens with zero attached hydrogens (tertiary/aromatic N) is 2. The molecule has 1 N–H and O–H groups in total. The number of amides is 1. The Morgan fingerprint density at radius 3 is 2.72 bits per heavy atom. The number of benzene rings is 2. The molecule has 3 aromatic rings. The second-order valence-corrected chi connectivity index (χ2v) is 8.23. The van der Waals surface area contributed by atoms with E-state index in [0.717, 1.165) is 25.9 Å². The van der Waals surface area contributed by atoms with Crippen molar-refractivity contribution in [2.75, 3.05) is 19.6 Å². The fourth-order valence-corrected chi connectivity index (χ4v) is 4.12. The predicted molar refractivity (Wildman–Crippen MR) is 122 cm³/mol. The normalized spacial score (nSPS) is 17.5. The van der Waals surface area contributed by atoms with Crippen LogP contribution in [0.1, 0.15) is 41.9 Å². The minimum atomic E-state index is -0.327. The Hall–Kier alpha value is -3.25. The third-order valence-corrected chi connectivity index (χ3v) is 5.94. The summed E-state index contributed by atoms with van der Waals surface area (Å²) in [4.78, 5) is 19.4.